The normalized spacial score (nSPS) is 11.7. The van der Waals surface area contributed by atoms with Gasteiger partial charge in [0.2, 0.25) is 0 Å². The Hall–Kier alpha value is -3.18. The third kappa shape index (κ3) is 5.67. The summed E-state index contributed by atoms with van der Waals surface area (Å²) >= 11 is 0. The van der Waals surface area contributed by atoms with Gasteiger partial charge in [-0.1, -0.05) is 25.1 Å². The van der Waals surface area contributed by atoms with Crippen LogP contribution in [0.25, 0.3) is 0 Å². The maximum atomic E-state index is 12.8. The molecule has 0 aliphatic carbocycles. The van der Waals surface area contributed by atoms with Crippen molar-refractivity contribution >= 4 is 11.6 Å². The van der Waals surface area contributed by atoms with E-state index in [0.717, 1.165) is 17.9 Å². The molecule has 0 radical (unpaired) electrons. The summed E-state index contributed by atoms with van der Waals surface area (Å²) in [6.45, 7) is 5.94. The van der Waals surface area contributed by atoms with Gasteiger partial charge in [-0.25, -0.2) is 0 Å². The van der Waals surface area contributed by atoms with Gasteiger partial charge in [-0.05, 0) is 62.2 Å². The van der Waals surface area contributed by atoms with E-state index in [1.54, 1.807) is 7.11 Å². The number of anilines is 1. The lowest BCUT2D eigenvalue weighted by molar-refractivity contribution is 0.102. The molecule has 2 aromatic carbocycles. The molecular formula is C25H28N2O3. The van der Waals surface area contributed by atoms with Crippen molar-refractivity contribution in [3.8, 4) is 11.5 Å². The first-order chi connectivity index (χ1) is 14.5. The Morgan fingerprint density at radius 3 is 2.50 bits per heavy atom. The Kier molecular flexibility index (Phi) is 7.20. The lowest BCUT2D eigenvalue weighted by Crippen LogP contribution is -2.16. The van der Waals surface area contributed by atoms with Crippen molar-refractivity contribution in [1.82, 2.24) is 4.98 Å². The highest BCUT2D eigenvalue weighted by atomic mass is 16.5. The van der Waals surface area contributed by atoms with Crippen LogP contribution in [0.1, 0.15) is 41.2 Å². The average molecular weight is 405 g/mol. The fourth-order valence-electron chi connectivity index (χ4n) is 3.15. The fourth-order valence-corrected chi connectivity index (χ4v) is 3.15. The van der Waals surface area contributed by atoms with Crippen LogP contribution in [-0.4, -0.2) is 24.1 Å². The zero-order valence-electron chi connectivity index (χ0n) is 17.9. The summed E-state index contributed by atoms with van der Waals surface area (Å²) in [6.07, 6.45) is 1.74. The topological polar surface area (TPSA) is 60.5 Å². The number of aromatic nitrogens is 1. The molecule has 0 bridgehead atoms. The molecule has 3 aromatic rings. The van der Waals surface area contributed by atoms with E-state index in [1.807, 2.05) is 68.4 Å². The monoisotopic (exact) mass is 404 g/mol. The van der Waals surface area contributed by atoms with Crippen LogP contribution in [0.3, 0.4) is 0 Å². The molecule has 1 aromatic heterocycles. The first kappa shape index (κ1) is 21.5. The van der Waals surface area contributed by atoms with Gasteiger partial charge in [0.05, 0.1) is 17.4 Å². The molecule has 1 atom stereocenters. The smallest absolute Gasteiger partial charge is 0.257 e. The van der Waals surface area contributed by atoms with Gasteiger partial charge in [-0.2, -0.15) is 0 Å². The van der Waals surface area contributed by atoms with Crippen molar-refractivity contribution in [2.75, 3.05) is 12.4 Å². The molecule has 0 saturated carbocycles. The second-order valence-corrected chi connectivity index (χ2v) is 7.27. The summed E-state index contributed by atoms with van der Waals surface area (Å²) in [5.74, 6) is 1.25. The van der Waals surface area contributed by atoms with Gasteiger partial charge in [-0.3, -0.25) is 9.78 Å². The van der Waals surface area contributed by atoms with Crippen LogP contribution < -0.4 is 10.1 Å². The molecule has 1 N–H and O–H groups in total. The van der Waals surface area contributed by atoms with E-state index >= 15 is 0 Å². The average Bonchev–Trinajstić information content (AvgIpc) is 2.74. The maximum absolute atomic E-state index is 12.8. The number of hydrogen-bond donors (Lipinski definition) is 1. The van der Waals surface area contributed by atoms with E-state index in [9.17, 15) is 4.79 Å². The third-order valence-corrected chi connectivity index (χ3v) is 4.92. The van der Waals surface area contributed by atoms with Crippen molar-refractivity contribution in [3.05, 3.63) is 83.2 Å². The minimum atomic E-state index is -0.198. The number of aryl methyl sites for hydroxylation is 2. The summed E-state index contributed by atoms with van der Waals surface area (Å²) in [5.41, 5.74) is 4.02. The standard InChI is InChI=1S/C25H28N2O3/c1-5-19-8-6-10-22(15-19)30-23-11-7-9-20(16-23)27-25(28)24-13-12-21(26-18(24)3)14-17(2)29-4/h6-13,15-17H,5,14H2,1-4H3,(H,27,28). The number of rotatable bonds is 8. The quantitative estimate of drug-likeness (QED) is 0.533. The van der Waals surface area contributed by atoms with Crippen LogP contribution in [0.5, 0.6) is 11.5 Å². The largest absolute Gasteiger partial charge is 0.457 e. The van der Waals surface area contributed by atoms with Crippen molar-refractivity contribution in [2.45, 2.75) is 39.7 Å². The Morgan fingerprint density at radius 1 is 1.07 bits per heavy atom. The lowest BCUT2D eigenvalue weighted by Gasteiger charge is -2.12. The van der Waals surface area contributed by atoms with Crippen molar-refractivity contribution in [3.63, 3.8) is 0 Å². The predicted octanol–water partition coefficient (Wildman–Crippen LogP) is 5.57. The van der Waals surface area contributed by atoms with Crippen LogP contribution in [0, 0.1) is 6.92 Å². The minimum Gasteiger partial charge on any atom is -0.457 e. The summed E-state index contributed by atoms with van der Waals surface area (Å²) in [5, 5.41) is 2.94. The molecule has 30 heavy (non-hydrogen) atoms. The molecule has 0 saturated heterocycles. The number of ether oxygens (including phenoxy) is 2. The highest BCUT2D eigenvalue weighted by Gasteiger charge is 2.13. The Bertz CT molecular complexity index is 1020. The predicted molar refractivity (Wildman–Crippen MR) is 119 cm³/mol. The van der Waals surface area contributed by atoms with Gasteiger partial charge in [0.1, 0.15) is 11.5 Å². The van der Waals surface area contributed by atoms with E-state index in [4.69, 9.17) is 9.47 Å². The molecule has 156 valence electrons. The molecule has 1 heterocycles. The highest BCUT2D eigenvalue weighted by molar-refractivity contribution is 6.05. The van der Waals surface area contributed by atoms with Crippen LogP contribution in [0.4, 0.5) is 5.69 Å². The van der Waals surface area contributed by atoms with E-state index in [0.29, 0.717) is 29.1 Å². The van der Waals surface area contributed by atoms with Crippen molar-refractivity contribution < 1.29 is 14.3 Å². The van der Waals surface area contributed by atoms with Gasteiger partial charge in [-0.15, -0.1) is 0 Å². The zero-order chi connectivity index (χ0) is 21.5. The first-order valence-corrected chi connectivity index (χ1v) is 10.2. The summed E-state index contributed by atoms with van der Waals surface area (Å²) in [6, 6.07) is 19.1. The number of pyridine rings is 1. The molecule has 5 heteroatoms. The molecule has 0 aliphatic rings. The Morgan fingerprint density at radius 2 is 1.80 bits per heavy atom. The van der Waals surface area contributed by atoms with E-state index in [2.05, 4.69) is 23.3 Å². The van der Waals surface area contributed by atoms with Gasteiger partial charge < -0.3 is 14.8 Å². The first-order valence-electron chi connectivity index (χ1n) is 10.2. The van der Waals surface area contributed by atoms with E-state index in [1.165, 1.54) is 5.56 Å². The van der Waals surface area contributed by atoms with Gasteiger partial charge in [0.15, 0.2) is 0 Å². The number of hydrogen-bond acceptors (Lipinski definition) is 4. The molecule has 5 nitrogen and oxygen atoms in total. The maximum Gasteiger partial charge on any atom is 0.257 e. The summed E-state index contributed by atoms with van der Waals surface area (Å²) in [7, 11) is 1.68. The SMILES string of the molecule is CCc1cccc(Oc2cccc(NC(=O)c3ccc(CC(C)OC)nc3C)c2)c1. The van der Waals surface area contributed by atoms with Crippen LogP contribution in [0.15, 0.2) is 60.7 Å². The number of nitrogens with zero attached hydrogens (tertiary/aromatic N) is 1. The van der Waals surface area contributed by atoms with Gasteiger partial charge in [0, 0.05) is 31.0 Å². The Balaban J connectivity index is 1.70. The van der Waals surface area contributed by atoms with Gasteiger partial charge >= 0.3 is 0 Å². The number of methoxy groups -OCH3 is 1. The van der Waals surface area contributed by atoms with E-state index < -0.39 is 0 Å². The van der Waals surface area contributed by atoms with Crippen LogP contribution >= 0.6 is 0 Å². The second-order valence-electron chi connectivity index (χ2n) is 7.27. The molecule has 0 fully saturated rings. The lowest BCUT2D eigenvalue weighted by atomic mass is 10.1. The van der Waals surface area contributed by atoms with Crippen molar-refractivity contribution in [2.24, 2.45) is 0 Å². The third-order valence-electron chi connectivity index (χ3n) is 4.92. The Labute approximate surface area is 178 Å². The molecule has 1 amide bonds. The number of carbonyl (C=O) groups excluding carboxylic acids is 1. The fraction of sp³-hybridized carbons (Fsp3) is 0.280. The minimum absolute atomic E-state index is 0.0809. The summed E-state index contributed by atoms with van der Waals surface area (Å²) < 4.78 is 11.2. The summed E-state index contributed by atoms with van der Waals surface area (Å²) in [4.78, 5) is 17.3. The molecular weight excluding hydrogens is 376 g/mol. The molecule has 0 spiro atoms. The number of nitrogens with one attached hydrogen (secondary N) is 1. The molecule has 0 aliphatic heterocycles. The second kappa shape index (κ2) is 10.0. The van der Waals surface area contributed by atoms with Gasteiger partial charge in [0.25, 0.3) is 5.91 Å². The van der Waals surface area contributed by atoms with Crippen LogP contribution in [-0.2, 0) is 17.6 Å². The zero-order valence-corrected chi connectivity index (χ0v) is 17.9. The number of carbonyl (C=O) groups is 1. The van der Waals surface area contributed by atoms with Crippen LogP contribution in [0.2, 0.25) is 0 Å². The number of benzene rings is 2. The van der Waals surface area contributed by atoms with E-state index in [-0.39, 0.29) is 12.0 Å². The van der Waals surface area contributed by atoms with Crippen molar-refractivity contribution in [1.29, 1.82) is 0 Å². The molecule has 1 unspecified atom stereocenters. The molecule has 3 rings (SSSR count). The number of amides is 1. The highest BCUT2D eigenvalue weighted by Crippen LogP contribution is 2.25.